The summed E-state index contributed by atoms with van der Waals surface area (Å²) in [6.45, 7) is 0.215. The summed E-state index contributed by atoms with van der Waals surface area (Å²) in [6.07, 6.45) is 3.03. The van der Waals surface area contributed by atoms with Gasteiger partial charge in [0.05, 0.1) is 16.1 Å². The van der Waals surface area contributed by atoms with Crippen LogP contribution < -0.4 is 10.6 Å². The lowest BCUT2D eigenvalue weighted by Crippen LogP contribution is -2.14. The quantitative estimate of drug-likeness (QED) is 0.608. The Morgan fingerprint density at radius 3 is 2.38 bits per heavy atom. The van der Waals surface area contributed by atoms with Gasteiger partial charge in [-0.05, 0) is 42.0 Å². The fourth-order valence-electron chi connectivity index (χ4n) is 2.56. The molecule has 1 amide bonds. The molecule has 0 saturated carbocycles. The third kappa shape index (κ3) is 4.94. The van der Waals surface area contributed by atoms with Crippen molar-refractivity contribution in [3.63, 3.8) is 0 Å². The van der Waals surface area contributed by atoms with Crippen LogP contribution in [0.1, 0.15) is 15.9 Å². The second kappa shape index (κ2) is 8.78. The van der Waals surface area contributed by atoms with Crippen LogP contribution in [-0.2, 0) is 16.4 Å². The van der Waals surface area contributed by atoms with Gasteiger partial charge in [0.15, 0.2) is 0 Å². The molecule has 0 aliphatic heterocycles. The lowest BCUT2D eigenvalue weighted by Gasteiger charge is -2.12. The SMILES string of the molecule is O=C(Nc1ccc(CNc2ccccc2S(=O)(=O)C(F)F)cc1)c1cccnc1. The summed E-state index contributed by atoms with van der Waals surface area (Å²) in [6, 6.07) is 15.7. The number of pyridine rings is 1. The molecule has 6 nitrogen and oxygen atoms in total. The number of carbonyl (C=O) groups excluding carboxylic acids is 1. The normalized spacial score (nSPS) is 11.3. The van der Waals surface area contributed by atoms with Crippen molar-refractivity contribution in [1.29, 1.82) is 0 Å². The van der Waals surface area contributed by atoms with Crippen molar-refractivity contribution in [2.75, 3.05) is 10.6 Å². The van der Waals surface area contributed by atoms with Crippen LogP contribution in [0.5, 0.6) is 0 Å². The minimum absolute atomic E-state index is 0.0988. The first-order valence-corrected chi connectivity index (χ1v) is 10.1. The fourth-order valence-corrected chi connectivity index (χ4v) is 3.47. The van der Waals surface area contributed by atoms with Crippen LogP contribution in [0.25, 0.3) is 0 Å². The number of nitrogens with zero attached hydrogens (tertiary/aromatic N) is 1. The van der Waals surface area contributed by atoms with E-state index in [1.165, 1.54) is 18.3 Å². The number of carbonyl (C=O) groups is 1. The molecular formula is C20H17F2N3O3S. The summed E-state index contributed by atoms with van der Waals surface area (Å²) in [7, 11) is -4.71. The van der Waals surface area contributed by atoms with Gasteiger partial charge in [0.2, 0.25) is 9.84 Å². The van der Waals surface area contributed by atoms with Crippen molar-refractivity contribution in [3.05, 3.63) is 84.2 Å². The molecule has 29 heavy (non-hydrogen) atoms. The van der Waals surface area contributed by atoms with Gasteiger partial charge >= 0.3 is 5.76 Å². The first kappa shape index (κ1) is 20.4. The van der Waals surface area contributed by atoms with Gasteiger partial charge in [-0.15, -0.1) is 0 Å². The standard InChI is InChI=1S/C20H17F2N3O3S/c21-20(22)29(27,28)18-6-2-1-5-17(18)24-12-14-7-9-16(10-8-14)25-19(26)15-4-3-11-23-13-15/h1-11,13,20,24H,12H2,(H,25,26). The topological polar surface area (TPSA) is 88.2 Å². The van der Waals surface area contributed by atoms with Gasteiger partial charge < -0.3 is 10.6 Å². The predicted molar refractivity (Wildman–Crippen MR) is 106 cm³/mol. The number of rotatable bonds is 7. The van der Waals surface area contributed by atoms with Crippen molar-refractivity contribution in [3.8, 4) is 0 Å². The van der Waals surface area contributed by atoms with Crippen molar-refractivity contribution in [2.24, 2.45) is 0 Å². The van der Waals surface area contributed by atoms with Crippen molar-refractivity contribution in [2.45, 2.75) is 17.2 Å². The number of nitrogens with one attached hydrogen (secondary N) is 2. The van der Waals surface area contributed by atoms with Crippen LogP contribution in [-0.4, -0.2) is 25.1 Å². The molecule has 1 heterocycles. The smallest absolute Gasteiger partial charge is 0.341 e. The van der Waals surface area contributed by atoms with E-state index in [1.807, 2.05) is 0 Å². The van der Waals surface area contributed by atoms with Crippen LogP contribution in [0, 0.1) is 0 Å². The van der Waals surface area contributed by atoms with Gasteiger partial charge in [0.1, 0.15) is 0 Å². The number of anilines is 2. The highest BCUT2D eigenvalue weighted by molar-refractivity contribution is 7.91. The van der Waals surface area contributed by atoms with Crippen LogP contribution >= 0.6 is 0 Å². The number of hydrogen-bond donors (Lipinski definition) is 2. The van der Waals surface area contributed by atoms with Gasteiger partial charge in [0.25, 0.3) is 5.91 Å². The lowest BCUT2D eigenvalue weighted by atomic mass is 10.2. The number of para-hydroxylation sites is 1. The van der Waals surface area contributed by atoms with Crippen molar-refractivity contribution in [1.82, 2.24) is 4.98 Å². The van der Waals surface area contributed by atoms with Gasteiger partial charge in [0, 0.05) is 24.6 Å². The number of benzene rings is 2. The average molecular weight is 417 g/mol. The average Bonchev–Trinajstić information content (AvgIpc) is 2.74. The Bertz CT molecular complexity index is 1090. The molecule has 1 aromatic heterocycles. The Balaban J connectivity index is 1.67. The highest BCUT2D eigenvalue weighted by Crippen LogP contribution is 2.26. The van der Waals surface area contributed by atoms with Gasteiger partial charge in [-0.25, -0.2) is 8.42 Å². The predicted octanol–water partition coefficient (Wildman–Crippen LogP) is 3.94. The molecular weight excluding hydrogens is 400 g/mol. The molecule has 9 heteroatoms. The monoisotopic (exact) mass is 417 g/mol. The van der Waals surface area contributed by atoms with Gasteiger partial charge in [-0.1, -0.05) is 24.3 Å². The van der Waals surface area contributed by atoms with E-state index < -0.39 is 20.5 Å². The molecule has 2 N–H and O–H groups in total. The number of amides is 1. The second-order valence-electron chi connectivity index (χ2n) is 6.05. The first-order chi connectivity index (χ1) is 13.9. The molecule has 0 spiro atoms. The maximum atomic E-state index is 12.9. The van der Waals surface area contributed by atoms with E-state index >= 15 is 0 Å². The molecule has 3 aromatic rings. The number of halogens is 2. The molecule has 0 saturated heterocycles. The molecule has 0 unspecified atom stereocenters. The molecule has 0 radical (unpaired) electrons. The van der Waals surface area contributed by atoms with Crippen LogP contribution in [0.2, 0.25) is 0 Å². The number of alkyl halides is 2. The third-order valence-corrected chi connectivity index (χ3v) is 5.48. The molecule has 0 aliphatic carbocycles. The van der Waals surface area contributed by atoms with E-state index in [0.29, 0.717) is 11.3 Å². The number of aromatic nitrogens is 1. The molecule has 0 aliphatic rings. The van der Waals surface area contributed by atoms with E-state index in [4.69, 9.17) is 0 Å². The Morgan fingerprint density at radius 2 is 1.72 bits per heavy atom. The summed E-state index contributed by atoms with van der Waals surface area (Å²) in [5, 5.41) is 5.61. The number of sulfone groups is 1. The zero-order chi connectivity index (χ0) is 20.9. The van der Waals surface area contributed by atoms with E-state index in [9.17, 15) is 22.0 Å². The lowest BCUT2D eigenvalue weighted by molar-refractivity contribution is 0.102. The molecule has 3 rings (SSSR count). The third-order valence-electron chi connectivity index (χ3n) is 4.05. The minimum Gasteiger partial charge on any atom is -0.380 e. The first-order valence-electron chi connectivity index (χ1n) is 8.53. The van der Waals surface area contributed by atoms with Crippen LogP contribution in [0.3, 0.4) is 0 Å². The zero-order valence-electron chi connectivity index (χ0n) is 15.0. The second-order valence-corrected chi connectivity index (χ2v) is 7.93. The Kier molecular flexibility index (Phi) is 6.18. The summed E-state index contributed by atoms with van der Waals surface area (Å²) < 4.78 is 49.3. The summed E-state index contributed by atoms with van der Waals surface area (Å²) >= 11 is 0. The molecule has 2 aromatic carbocycles. The summed E-state index contributed by atoms with van der Waals surface area (Å²) in [4.78, 5) is 15.6. The van der Waals surface area contributed by atoms with E-state index in [0.717, 1.165) is 11.6 Å². The Hall–Kier alpha value is -3.33. The highest BCUT2D eigenvalue weighted by atomic mass is 32.2. The van der Waals surface area contributed by atoms with E-state index in [2.05, 4.69) is 15.6 Å². The minimum atomic E-state index is -4.71. The fraction of sp³-hybridized carbons (Fsp3) is 0.100. The summed E-state index contributed by atoms with van der Waals surface area (Å²) in [5.74, 6) is -3.79. The largest absolute Gasteiger partial charge is 0.380 e. The molecule has 150 valence electrons. The van der Waals surface area contributed by atoms with Crippen LogP contribution in [0.15, 0.2) is 78.0 Å². The van der Waals surface area contributed by atoms with Gasteiger partial charge in [-0.2, -0.15) is 8.78 Å². The maximum absolute atomic E-state index is 12.9. The molecule has 0 atom stereocenters. The maximum Gasteiger partial charge on any atom is 0.341 e. The van der Waals surface area contributed by atoms with E-state index in [-0.39, 0.29) is 18.1 Å². The Morgan fingerprint density at radius 1 is 1.00 bits per heavy atom. The highest BCUT2D eigenvalue weighted by Gasteiger charge is 2.28. The zero-order valence-corrected chi connectivity index (χ0v) is 15.9. The molecule has 0 bridgehead atoms. The van der Waals surface area contributed by atoms with Crippen molar-refractivity contribution >= 4 is 27.1 Å². The summed E-state index contributed by atoms with van der Waals surface area (Å²) in [5.41, 5.74) is 1.87. The molecule has 0 fully saturated rings. The number of hydrogen-bond acceptors (Lipinski definition) is 5. The van der Waals surface area contributed by atoms with E-state index in [1.54, 1.807) is 48.7 Å². The van der Waals surface area contributed by atoms with Gasteiger partial charge in [-0.3, -0.25) is 9.78 Å². The van der Waals surface area contributed by atoms with Crippen LogP contribution in [0.4, 0.5) is 20.2 Å². The Labute approximate surface area is 166 Å². The van der Waals surface area contributed by atoms with Crippen molar-refractivity contribution < 1.29 is 22.0 Å².